The van der Waals surface area contributed by atoms with Gasteiger partial charge in [-0.25, -0.2) is 0 Å². The maximum atomic E-state index is 11.9. The minimum atomic E-state index is -0.421. The zero-order valence-electron chi connectivity index (χ0n) is 9.25. The molecule has 1 fully saturated rings. The minimum absolute atomic E-state index is 0.0687. The maximum Gasteiger partial charge on any atom is 0.270 e. The van der Waals surface area contributed by atoms with Crippen molar-refractivity contribution in [3.05, 3.63) is 33.7 Å². The third kappa shape index (κ3) is 1.04. The standard InChI is InChI=1S/C12H14N2O2/c1-8-4-5-9(15)14-10(8)11(16)13-12(14)6-2-3-7-12/h4-5H,2-3,6-7H2,1H3,(H,13,16). The van der Waals surface area contributed by atoms with Crippen LogP contribution >= 0.6 is 0 Å². The average Bonchev–Trinajstić information content (AvgIpc) is 2.80. The Morgan fingerprint density at radius 1 is 1.25 bits per heavy atom. The first-order valence-corrected chi connectivity index (χ1v) is 5.70. The zero-order valence-corrected chi connectivity index (χ0v) is 9.25. The summed E-state index contributed by atoms with van der Waals surface area (Å²) in [6.45, 7) is 1.87. The fourth-order valence-corrected chi connectivity index (χ4v) is 2.98. The molecule has 0 unspecified atom stereocenters. The van der Waals surface area contributed by atoms with Crippen LogP contribution in [-0.2, 0) is 5.66 Å². The van der Waals surface area contributed by atoms with Gasteiger partial charge in [0.25, 0.3) is 11.5 Å². The van der Waals surface area contributed by atoms with Crippen molar-refractivity contribution in [2.24, 2.45) is 0 Å². The number of carbonyl (C=O) groups is 1. The molecule has 4 heteroatoms. The van der Waals surface area contributed by atoms with Gasteiger partial charge in [0, 0.05) is 6.07 Å². The summed E-state index contributed by atoms with van der Waals surface area (Å²) in [7, 11) is 0. The molecule has 0 bridgehead atoms. The Hall–Kier alpha value is -1.58. The molecule has 16 heavy (non-hydrogen) atoms. The van der Waals surface area contributed by atoms with E-state index < -0.39 is 5.66 Å². The Balaban J connectivity index is 2.32. The van der Waals surface area contributed by atoms with Crippen LogP contribution in [-0.4, -0.2) is 10.5 Å². The molecule has 1 N–H and O–H groups in total. The predicted molar refractivity (Wildman–Crippen MR) is 59.3 cm³/mol. The van der Waals surface area contributed by atoms with E-state index in [1.165, 1.54) is 0 Å². The van der Waals surface area contributed by atoms with Crippen LogP contribution < -0.4 is 10.9 Å². The van der Waals surface area contributed by atoms with Gasteiger partial charge in [-0.15, -0.1) is 0 Å². The number of pyridine rings is 1. The average molecular weight is 218 g/mol. The molecular formula is C12H14N2O2. The van der Waals surface area contributed by atoms with E-state index in [-0.39, 0.29) is 11.5 Å². The van der Waals surface area contributed by atoms with Crippen LogP contribution in [0.4, 0.5) is 0 Å². The Morgan fingerprint density at radius 3 is 2.62 bits per heavy atom. The largest absolute Gasteiger partial charge is 0.327 e. The van der Waals surface area contributed by atoms with Crippen LogP contribution in [0, 0.1) is 6.92 Å². The molecule has 4 nitrogen and oxygen atoms in total. The van der Waals surface area contributed by atoms with Crippen LogP contribution in [0.3, 0.4) is 0 Å². The molecule has 0 atom stereocenters. The van der Waals surface area contributed by atoms with Gasteiger partial charge in [0.1, 0.15) is 11.4 Å². The van der Waals surface area contributed by atoms with Gasteiger partial charge < -0.3 is 5.32 Å². The van der Waals surface area contributed by atoms with Gasteiger partial charge in [0.2, 0.25) is 0 Å². The maximum absolute atomic E-state index is 11.9. The monoisotopic (exact) mass is 218 g/mol. The number of carbonyl (C=O) groups excluding carboxylic acids is 1. The van der Waals surface area contributed by atoms with Crippen molar-refractivity contribution < 1.29 is 4.79 Å². The molecule has 84 valence electrons. The minimum Gasteiger partial charge on any atom is -0.327 e. The van der Waals surface area contributed by atoms with E-state index in [0.717, 1.165) is 31.2 Å². The van der Waals surface area contributed by atoms with Gasteiger partial charge in [-0.3, -0.25) is 14.2 Å². The van der Waals surface area contributed by atoms with Crippen molar-refractivity contribution in [3.8, 4) is 0 Å². The summed E-state index contributed by atoms with van der Waals surface area (Å²) < 4.78 is 1.68. The first-order valence-electron chi connectivity index (χ1n) is 5.70. The number of aryl methyl sites for hydroxylation is 1. The van der Waals surface area contributed by atoms with Crippen molar-refractivity contribution in [2.45, 2.75) is 38.3 Å². The molecule has 1 aromatic heterocycles. The molecule has 1 amide bonds. The van der Waals surface area contributed by atoms with E-state index in [9.17, 15) is 9.59 Å². The molecule has 2 heterocycles. The number of hydrogen-bond donors (Lipinski definition) is 1. The molecule has 1 aromatic rings. The molecule has 2 aliphatic rings. The van der Waals surface area contributed by atoms with E-state index in [1.54, 1.807) is 16.7 Å². The fraction of sp³-hybridized carbons (Fsp3) is 0.500. The molecular weight excluding hydrogens is 204 g/mol. The number of amides is 1. The Bertz CT molecular complexity index is 524. The van der Waals surface area contributed by atoms with Crippen molar-refractivity contribution in [1.29, 1.82) is 0 Å². The normalized spacial score (nSPS) is 21.2. The summed E-state index contributed by atoms with van der Waals surface area (Å²) in [4.78, 5) is 23.9. The highest BCUT2D eigenvalue weighted by Crippen LogP contribution is 2.37. The van der Waals surface area contributed by atoms with E-state index in [0.29, 0.717) is 5.69 Å². The van der Waals surface area contributed by atoms with Gasteiger partial charge in [-0.2, -0.15) is 0 Å². The number of fused-ring (bicyclic) bond motifs is 2. The summed E-state index contributed by atoms with van der Waals surface area (Å²) in [6.07, 6.45) is 3.88. The van der Waals surface area contributed by atoms with Crippen LogP contribution in [0.2, 0.25) is 0 Å². The Labute approximate surface area is 93.3 Å². The van der Waals surface area contributed by atoms with Crippen LogP contribution in [0.1, 0.15) is 41.7 Å². The van der Waals surface area contributed by atoms with E-state index >= 15 is 0 Å². The van der Waals surface area contributed by atoms with Gasteiger partial charge >= 0.3 is 0 Å². The first-order chi connectivity index (χ1) is 7.64. The summed E-state index contributed by atoms with van der Waals surface area (Å²) in [5.41, 5.74) is 0.936. The second-order valence-corrected chi connectivity index (χ2v) is 4.73. The third-order valence-corrected chi connectivity index (χ3v) is 3.71. The summed E-state index contributed by atoms with van der Waals surface area (Å²) in [5.74, 6) is -0.0999. The fourth-order valence-electron chi connectivity index (χ4n) is 2.98. The molecule has 3 rings (SSSR count). The highest BCUT2D eigenvalue weighted by molar-refractivity contribution is 5.96. The molecule has 1 aliphatic carbocycles. The van der Waals surface area contributed by atoms with Crippen molar-refractivity contribution >= 4 is 5.91 Å². The SMILES string of the molecule is Cc1ccc(=O)n2c1C(=O)NC21CCCC1. The number of aromatic nitrogens is 1. The second-order valence-electron chi connectivity index (χ2n) is 4.73. The second kappa shape index (κ2) is 2.97. The Morgan fingerprint density at radius 2 is 1.94 bits per heavy atom. The molecule has 0 saturated heterocycles. The van der Waals surface area contributed by atoms with E-state index in [4.69, 9.17) is 0 Å². The lowest BCUT2D eigenvalue weighted by molar-refractivity contribution is 0.0920. The van der Waals surface area contributed by atoms with E-state index in [1.807, 2.05) is 6.92 Å². The number of hydrogen-bond acceptors (Lipinski definition) is 2. The van der Waals surface area contributed by atoms with Gasteiger partial charge in [-0.05, 0) is 38.2 Å². The number of nitrogens with zero attached hydrogens (tertiary/aromatic N) is 1. The number of rotatable bonds is 0. The first kappa shape index (κ1) is 9.63. The lowest BCUT2D eigenvalue weighted by Crippen LogP contribution is -2.44. The van der Waals surface area contributed by atoms with Gasteiger partial charge in [-0.1, -0.05) is 6.07 Å². The molecule has 1 saturated carbocycles. The van der Waals surface area contributed by atoms with Gasteiger partial charge in [0.05, 0.1) is 0 Å². The predicted octanol–water partition coefficient (Wildman–Crippen LogP) is 1.13. The lowest BCUT2D eigenvalue weighted by atomic mass is 10.1. The van der Waals surface area contributed by atoms with Crippen molar-refractivity contribution in [1.82, 2.24) is 9.88 Å². The smallest absolute Gasteiger partial charge is 0.270 e. The Kier molecular flexibility index (Phi) is 1.79. The van der Waals surface area contributed by atoms with Gasteiger partial charge in [0.15, 0.2) is 0 Å². The highest BCUT2D eigenvalue weighted by atomic mass is 16.2. The topological polar surface area (TPSA) is 51.1 Å². The zero-order chi connectivity index (χ0) is 11.3. The summed E-state index contributed by atoms with van der Waals surface area (Å²) >= 11 is 0. The molecule has 1 spiro atoms. The number of nitrogens with one attached hydrogen (secondary N) is 1. The summed E-state index contributed by atoms with van der Waals surface area (Å²) in [6, 6.07) is 3.28. The van der Waals surface area contributed by atoms with Crippen molar-refractivity contribution in [3.63, 3.8) is 0 Å². The van der Waals surface area contributed by atoms with Crippen LogP contribution in [0.15, 0.2) is 16.9 Å². The van der Waals surface area contributed by atoms with Crippen LogP contribution in [0.25, 0.3) is 0 Å². The highest BCUT2D eigenvalue weighted by Gasteiger charge is 2.45. The summed E-state index contributed by atoms with van der Waals surface area (Å²) in [5, 5.41) is 3.00. The molecule has 1 aliphatic heterocycles. The third-order valence-electron chi connectivity index (χ3n) is 3.71. The van der Waals surface area contributed by atoms with Crippen molar-refractivity contribution in [2.75, 3.05) is 0 Å². The van der Waals surface area contributed by atoms with E-state index in [2.05, 4.69) is 5.32 Å². The quantitative estimate of drug-likeness (QED) is 0.709. The molecule has 0 radical (unpaired) electrons. The molecule has 0 aromatic carbocycles. The lowest BCUT2D eigenvalue weighted by Gasteiger charge is -2.25. The van der Waals surface area contributed by atoms with Crippen LogP contribution in [0.5, 0.6) is 0 Å².